The summed E-state index contributed by atoms with van der Waals surface area (Å²) in [6.45, 7) is 2.30. The Morgan fingerprint density at radius 1 is 1.07 bits per heavy atom. The summed E-state index contributed by atoms with van der Waals surface area (Å²) in [6, 6.07) is 7.96. The second-order valence-corrected chi connectivity index (χ2v) is 4.74. The summed E-state index contributed by atoms with van der Waals surface area (Å²) >= 11 is 0. The van der Waals surface area contributed by atoms with Crippen molar-refractivity contribution in [1.29, 1.82) is 0 Å². The highest BCUT2D eigenvalue weighted by atomic mass is 16.7. The molecule has 0 bridgehead atoms. The summed E-state index contributed by atoms with van der Waals surface area (Å²) in [7, 11) is 0. The lowest BCUT2D eigenvalue weighted by molar-refractivity contribution is -0.112. The molecule has 1 saturated carbocycles. The molecule has 1 fully saturated rings. The van der Waals surface area contributed by atoms with Crippen LogP contribution in [-0.4, -0.2) is 5.79 Å². The molecule has 15 heavy (non-hydrogen) atoms. The van der Waals surface area contributed by atoms with Crippen LogP contribution in [0.5, 0.6) is 11.5 Å². The van der Waals surface area contributed by atoms with Crippen molar-refractivity contribution in [3.63, 3.8) is 0 Å². The van der Waals surface area contributed by atoms with Crippen LogP contribution in [0.3, 0.4) is 0 Å². The molecule has 1 aliphatic heterocycles. The fourth-order valence-electron chi connectivity index (χ4n) is 2.45. The number of hydrogen-bond donors (Lipinski definition) is 0. The van der Waals surface area contributed by atoms with Crippen LogP contribution in [0.4, 0.5) is 0 Å². The molecule has 2 nitrogen and oxygen atoms in total. The maximum absolute atomic E-state index is 5.96. The van der Waals surface area contributed by atoms with Gasteiger partial charge in [0.2, 0.25) is 0 Å². The van der Waals surface area contributed by atoms with E-state index in [2.05, 4.69) is 6.92 Å². The molecule has 0 atom stereocenters. The number of ether oxygens (including phenoxy) is 2. The average molecular weight is 204 g/mol. The van der Waals surface area contributed by atoms with Crippen LogP contribution in [0.2, 0.25) is 0 Å². The van der Waals surface area contributed by atoms with Crippen molar-refractivity contribution in [2.24, 2.45) is 5.92 Å². The van der Waals surface area contributed by atoms with E-state index >= 15 is 0 Å². The maximum atomic E-state index is 5.96. The smallest absolute Gasteiger partial charge is 0.251 e. The lowest BCUT2D eigenvalue weighted by atomic mass is 9.86. The van der Waals surface area contributed by atoms with Gasteiger partial charge in [0.05, 0.1) is 0 Å². The minimum atomic E-state index is -0.337. The van der Waals surface area contributed by atoms with Gasteiger partial charge in [-0.2, -0.15) is 0 Å². The van der Waals surface area contributed by atoms with Gasteiger partial charge in [0.25, 0.3) is 5.79 Å². The van der Waals surface area contributed by atoms with Crippen LogP contribution in [0.1, 0.15) is 32.6 Å². The molecule has 1 aromatic carbocycles. The van der Waals surface area contributed by atoms with Crippen LogP contribution < -0.4 is 9.47 Å². The van der Waals surface area contributed by atoms with Gasteiger partial charge in [0, 0.05) is 12.8 Å². The van der Waals surface area contributed by atoms with E-state index in [9.17, 15) is 0 Å². The van der Waals surface area contributed by atoms with Crippen LogP contribution >= 0.6 is 0 Å². The van der Waals surface area contributed by atoms with Gasteiger partial charge in [0.1, 0.15) is 0 Å². The molecule has 2 aliphatic rings. The molecule has 1 aromatic rings. The van der Waals surface area contributed by atoms with E-state index in [1.165, 1.54) is 12.8 Å². The van der Waals surface area contributed by atoms with Crippen LogP contribution in [0.15, 0.2) is 24.3 Å². The third-order valence-electron chi connectivity index (χ3n) is 3.48. The summed E-state index contributed by atoms with van der Waals surface area (Å²) in [5.74, 6) is 2.29. The molecule has 0 saturated heterocycles. The molecule has 1 aliphatic carbocycles. The van der Waals surface area contributed by atoms with Crippen molar-refractivity contribution < 1.29 is 9.47 Å². The first-order valence-electron chi connectivity index (χ1n) is 5.74. The minimum absolute atomic E-state index is 0.337. The fourth-order valence-corrected chi connectivity index (χ4v) is 2.45. The van der Waals surface area contributed by atoms with Crippen molar-refractivity contribution in [3.8, 4) is 11.5 Å². The van der Waals surface area contributed by atoms with Crippen molar-refractivity contribution in [2.75, 3.05) is 0 Å². The fraction of sp³-hybridized carbons (Fsp3) is 0.538. The zero-order valence-corrected chi connectivity index (χ0v) is 9.03. The number of hydrogen-bond acceptors (Lipinski definition) is 2. The SMILES string of the molecule is CC1CCC2(CC1)Oc1ccccc1O2. The van der Waals surface area contributed by atoms with E-state index in [1.54, 1.807) is 0 Å². The number of rotatable bonds is 0. The zero-order chi connectivity index (χ0) is 10.3. The molecular weight excluding hydrogens is 188 g/mol. The van der Waals surface area contributed by atoms with Gasteiger partial charge in [-0.05, 0) is 30.9 Å². The molecular formula is C13H16O2. The van der Waals surface area contributed by atoms with Crippen LogP contribution in [-0.2, 0) is 0 Å². The van der Waals surface area contributed by atoms with Crippen molar-refractivity contribution in [2.45, 2.75) is 38.4 Å². The third kappa shape index (κ3) is 1.48. The summed E-state index contributed by atoms with van der Waals surface area (Å²) in [6.07, 6.45) is 4.44. The Hall–Kier alpha value is -1.18. The standard InChI is InChI=1S/C13H16O2/c1-10-6-8-13(9-7-10)14-11-4-2-3-5-12(11)15-13/h2-5,10H,6-9H2,1H3. The molecule has 3 rings (SSSR count). The maximum Gasteiger partial charge on any atom is 0.251 e. The molecule has 2 heteroatoms. The molecule has 0 N–H and O–H groups in total. The first kappa shape index (κ1) is 9.08. The third-order valence-corrected chi connectivity index (χ3v) is 3.48. The van der Waals surface area contributed by atoms with E-state index in [-0.39, 0.29) is 5.79 Å². The highest BCUT2D eigenvalue weighted by Crippen LogP contribution is 2.46. The Balaban J connectivity index is 1.83. The van der Waals surface area contributed by atoms with Crippen molar-refractivity contribution in [3.05, 3.63) is 24.3 Å². The topological polar surface area (TPSA) is 18.5 Å². The van der Waals surface area contributed by atoms with Gasteiger partial charge in [-0.25, -0.2) is 0 Å². The predicted octanol–water partition coefficient (Wildman–Crippen LogP) is 3.36. The van der Waals surface area contributed by atoms with E-state index in [0.717, 1.165) is 30.3 Å². The Kier molecular flexibility index (Phi) is 1.91. The van der Waals surface area contributed by atoms with Gasteiger partial charge >= 0.3 is 0 Å². The highest BCUT2D eigenvalue weighted by Gasteiger charge is 2.43. The van der Waals surface area contributed by atoms with Gasteiger partial charge in [-0.3, -0.25) is 0 Å². The van der Waals surface area contributed by atoms with Gasteiger partial charge in [-0.15, -0.1) is 0 Å². The van der Waals surface area contributed by atoms with Crippen LogP contribution in [0.25, 0.3) is 0 Å². The zero-order valence-electron chi connectivity index (χ0n) is 9.03. The summed E-state index contributed by atoms with van der Waals surface area (Å²) in [4.78, 5) is 0. The molecule has 0 radical (unpaired) electrons. The molecule has 0 aromatic heterocycles. The molecule has 1 spiro atoms. The second kappa shape index (κ2) is 3.16. The normalized spacial score (nSPS) is 23.3. The minimum Gasteiger partial charge on any atom is -0.448 e. The Morgan fingerprint density at radius 2 is 1.60 bits per heavy atom. The van der Waals surface area contributed by atoms with Gasteiger partial charge in [0.15, 0.2) is 11.5 Å². The Labute approximate surface area is 90.2 Å². The monoisotopic (exact) mass is 204 g/mol. The quantitative estimate of drug-likeness (QED) is 0.645. The lowest BCUT2D eigenvalue weighted by Gasteiger charge is -2.33. The predicted molar refractivity (Wildman–Crippen MR) is 58.1 cm³/mol. The Bertz CT molecular complexity index is 338. The largest absolute Gasteiger partial charge is 0.448 e. The summed E-state index contributed by atoms with van der Waals surface area (Å²) < 4.78 is 11.9. The average Bonchev–Trinajstić information content (AvgIpc) is 2.61. The molecule has 0 amide bonds. The first-order valence-corrected chi connectivity index (χ1v) is 5.74. The van der Waals surface area contributed by atoms with E-state index in [1.807, 2.05) is 24.3 Å². The van der Waals surface area contributed by atoms with Gasteiger partial charge in [-0.1, -0.05) is 19.1 Å². The summed E-state index contributed by atoms with van der Waals surface area (Å²) in [5.41, 5.74) is 0. The Morgan fingerprint density at radius 3 is 2.13 bits per heavy atom. The van der Waals surface area contributed by atoms with Crippen molar-refractivity contribution >= 4 is 0 Å². The lowest BCUT2D eigenvalue weighted by Crippen LogP contribution is -2.41. The second-order valence-electron chi connectivity index (χ2n) is 4.74. The van der Waals surface area contributed by atoms with Gasteiger partial charge < -0.3 is 9.47 Å². The molecule has 80 valence electrons. The van der Waals surface area contributed by atoms with E-state index < -0.39 is 0 Å². The van der Waals surface area contributed by atoms with E-state index in [4.69, 9.17) is 9.47 Å². The number of para-hydroxylation sites is 2. The summed E-state index contributed by atoms with van der Waals surface area (Å²) in [5, 5.41) is 0. The van der Waals surface area contributed by atoms with Crippen LogP contribution in [0, 0.1) is 5.92 Å². The van der Waals surface area contributed by atoms with Crippen molar-refractivity contribution in [1.82, 2.24) is 0 Å². The number of benzene rings is 1. The van der Waals surface area contributed by atoms with E-state index in [0.29, 0.717) is 0 Å². The molecule has 1 heterocycles. The molecule has 0 unspecified atom stereocenters. The number of fused-ring (bicyclic) bond motifs is 1. The first-order chi connectivity index (χ1) is 7.27. The highest BCUT2D eigenvalue weighted by molar-refractivity contribution is 5.42.